The van der Waals surface area contributed by atoms with Gasteiger partial charge >= 0.3 is 0 Å². The lowest BCUT2D eigenvalue weighted by molar-refractivity contribution is -0.118. The smallest absolute Gasteiger partial charge is 0.235 e. The molecule has 2 N–H and O–H groups in total. The summed E-state index contributed by atoms with van der Waals surface area (Å²) in [5.74, 6) is 0.327. The fraction of sp³-hybridized carbons (Fsp3) is 0.286. The molecule has 7 rings (SSSR count). The standard InChI is InChI=1S/C28H26N4O2/c33-27-28(22-3-1-2-4-24(22)29-27)16-23(28)20-9-10-21-25(15-20)30-31-26(21)19-7-5-18(6-8-19)17-32-11-13-34-14-12-32/h1-10,15,23H,11-14,16-17H2,(H,29,33)(H,30,31)/t23?,28-/m0/s1. The van der Waals surface area contributed by atoms with Crippen LogP contribution in [-0.2, 0) is 21.5 Å². The number of ether oxygens (including phenoxy) is 1. The van der Waals surface area contributed by atoms with Gasteiger partial charge in [-0.2, -0.15) is 5.10 Å². The first-order valence-electron chi connectivity index (χ1n) is 12.0. The molecule has 1 amide bonds. The Labute approximate surface area is 197 Å². The van der Waals surface area contributed by atoms with E-state index < -0.39 is 5.41 Å². The molecule has 4 aromatic rings. The number of para-hydroxylation sites is 1. The van der Waals surface area contributed by atoms with Gasteiger partial charge in [0.1, 0.15) is 0 Å². The van der Waals surface area contributed by atoms with Gasteiger partial charge in [-0.3, -0.25) is 14.8 Å². The Morgan fingerprint density at radius 3 is 2.71 bits per heavy atom. The normalized spacial score (nSPS) is 23.9. The van der Waals surface area contributed by atoms with Crippen LogP contribution in [0.4, 0.5) is 5.69 Å². The lowest BCUT2D eigenvalue weighted by Crippen LogP contribution is -2.35. The van der Waals surface area contributed by atoms with Gasteiger partial charge in [0, 0.05) is 42.2 Å². The molecule has 2 fully saturated rings. The van der Waals surface area contributed by atoms with Crippen LogP contribution >= 0.6 is 0 Å². The van der Waals surface area contributed by atoms with Crippen molar-refractivity contribution in [3.63, 3.8) is 0 Å². The fourth-order valence-electron chi connectivity index (χ4n) is 5.81. The minimum atomic E-state index is -0.413. The van der Waals surface area contributed by atoms with Crippen LogP contribution in [0.5, 0.6) is 0 Å². The van der Waals surface area contributed by atoms with Crippen molar-refractivity contribution in [2.75, 3.05) is 31.6 Å². The van der Waals surface area contributed by atoms with Crippen LogP contribution in [0, 0.1) is 0 Å². The van der Waals surface area contributed by atoms with E-state index in [4.69, 9.17) is 4.74 Å². The Morgan fingerprint density at radius 2 is 1.85 bits per heavy atom. The highest BCUT2D eigenvalue weighted by molar-refractivity contribution is 6.10. The number of nitrogens with zero attached hydrogens (tertiary/aromatic N) is 2. The van der Waals surface area contributed by atoms with E-state index in [-0.39, 0.29) is 11.8 Å². The Kier molecular flexibility index (Phi) is 4.41. The Balaban J connectivity index is 1.14. The summed E-state index contributed by atoms with van der Waals surface area (Å²) in [6.45, 7) is 4.57. The van der Waals surface area contributed by atoms with Gasteiger partial charge in [0.15, 0.2) is 0 Å². The lowest BCUT2D eigenvalue weighted by atomic mass is 9.91. The minimum absolute atomic E-state index is 0.126. The number of fused-ring (bicyclic) bond motifs is 3. The van der Waals surface area contributed by atoms with E-state index in [9.17, 15) is 4.79 Å². The monoisotopic (exact) mass is 450 g/mol. The van der Waals surface area contributed by atoms with Crippen molar-refractivity contribution in [3.05, 3.63) is 83.4 Å². The first-order chi connectivity index (χ1) is 16.7. The second-order valence-corrected chi connectivity index (χ2v) is 9.69. The van der Waals surface area contributed by atoms with Gasteiger partial charge in [0.2, 0.25) is 5.91 Å². The number of aromatic nitrogens is 2. The first-order valence-corrected chi connectivity index (χ1v) is 12.0. The molecule has 1 spiro atoms. The van der Waals surface area contributed by atoms with Gasteiger partial charge in [-0.25, -0.2) is 0 Å². The molecule has 1 aromatic heterocycles. The summed E-state index contributed by atoms with van der Waals surface area (Å²) in [5.41, 5.74) is 7.26. The molecule has 34 heavy (non-hydrogen) atoms. The van der Waals surface area contributed by atoms with E-state index >= 15 is 0 Å². The molecule has 6 nitrogen and oxygen atoms in total. The lowest BCUT2D eigenvalue weighted by Gasteiger charge is -2.26. The number of benzene rings is 3. The number of carbonyl (C=O) groups is 1. The van der Waals surface area contributed by atoms with Crippen molar-refractivity contribution in [3.8, 4) is 11.3 Å². The molecule has 2 atom stereocenters. The van der Waals surface area contributed by atoms with Gasteiger partial charge < -0.3 is 10.1 Å². The van der Waals surface area contributed by atoms with Crippen molar-refractivity contribution in [1.82, 2.24) is 15.1 Å². The Morgan fingerprint density at radius 1 is 1.03 bits per heavy atom. The van der Waals surface area contributed by atoms with Crippen molar-refractivity contribution in [2.24, 2.45) is 0 Å². The molecule has 6 heteroatoms. The van der Waals surface area contributed by atoms with Gasteiger partial charge in [-0.05, 0) is 35.2 Å². The molecule has 0 radical (unpaired) electrons. The first kappa shape index (κ1) is 19.9. The summed E-state index contributed by atoms with van der Waals surface area (Å²) < 4.78 is 5.45. The Hall–Kier alpha value is -3.48. The predicted molar refractivity (Wildman–Crippen MR) is 132 cm³/mol. The van der Waals surface area contributed by atoms with Gasteiger partial charge in [-0.15, -0.1) is 0 Å². The van der Waals surface area contributed by atoms with E-state index in [1.807, 2.05) is 18.2 Å². The van der Waals surface area contributed by atoms with Gasteiger partial charge in [0.05, 0.1) is 29.8 Å². The van der Waals surface area contributed by atoms with Crippen LogP contribution in [0.15, 0.2) is 66.7 Å². The molecule has 3 aromatic carbocycles. The van der Waals surface area contributed by atoms with E-state index in [1.54, 1.807) is 0 Å². The average Bonchev–Trinajstić information content (AvgIpc) is 3.39. The molecule has 1 aliphatic carbocycles. The van der Waals surface area contributed by atoms with E-state index in [0.29, 0.717) is 0 Å². The van der Waals surface area contributed by atoms with E-state index in [2.05, 4.69) is 68.9 Å². The highest BCUT2D eigenvalue weighted by atomic mass is 16.5. The van der Waals surface area contributed by atoms with Crippen molar-refractivity contribution < 1.29 is 9.53 Å². The molecular weight excluding hydrogens is 424 g/mol. The van der Waals surface area contributed by atoms with Crippen molar-refractivity contribution in [2.45, 2.75) is 24.3 Å². The van der Waals surface area contributed by atoms with Gasteiger partial charge in [0.25, 0.3) is 0 Å². The van der Waals surface area contributed by atoms with E-state index in [0.717, 1.165) is 72.7 Å². The maximum absolute atomic E-state index is 12.9. The molecule has 1 saturated carbocycles. The van der Waals surface area contributed by atoms with Crippen LogP contribution in [0.2, 0.25) is 0 Å². The molecule has 170 valence electrons. The highest BCUT2D eigenvalue weighted by Gasteiger charge is 2.65. The second-order valence-electron chi connectivity index (χ2n) is 9.69. The number of nitrogens with one attached hydrogen (secondary N) is 2. The molecule has 0 bridgehead atoms. The summed E-state index contributed by atoms with van der Waals surface area (Å²) in [7, 11) is 0. The van der Waals surface area contributed by atoms with Crippen molar-refractivity contribution >= 4 is 22.5 Å². The summed E-state index contributed by atoms with van der Waals surface area (Å²) >= 11 is 0. The van der Waals surface area contributed by atoms with Crippen molar-refractivity contribution in [1.29, 1.82) is 0 Å². The number of amides is 1. The predicted octanol–water partition coefficient (Wildman–Crippen LogP) is 4.44. The number of morpholine rings is 1. The summed E-state index contributed by atoms with van der Waals surface area (Å²) in [4.78, 5) is 15.3. The van der Waals surface area contributed by atoms with Gasteiger partial charge in [-0.1, -0.05) is 54.6 Å². The molecular formula is C28H26N4O2. The van der Waals surface area contributed by atoms with Crippen LogP contribution in [0.1, 0.15) is 29.0 Å². The maximum atomic E-state index is 12.9. The maximum Gasteiger partial charge on any atom is 0.235 e. The number of aromatic amines is 1. The van der Waals surface area contributed by atoms with E-state index in [1.165, 1.54) is 11.1 Å². The summed E-state index contributed by atoms with van der Waals surface area (Å²) in [6.07, 6.45) is 0.854. The van der Waals surface area contributed by atoms with Crippen LogP contribution in [-0.4, -0.2) is 47.3 Å². The second kappa shape index (κ2) is 7.52. The quantitative estimate of drug-likeness (QED) is 0.482. The molecule has 1 unspecified atom stereocenters. The molecule has 3 heterocycles. The zero-order chi connectivity index (χ0) is 22.7. The topological polar surface area (TPSA) is 70.2 Å². The number of anilines is 1. The fourth-order valence-corrected chi connectivity index (χ4v) is 5.81. The number of H-pyrrole nitrogens is 1. The van der Waals surface area contributed by atoms with Crippen LogP contribution in [0.3, 0.4) is 0 Å². The third-order valence-corrected chi connectivity index (χ3v) is 7.75. The molecule has 1 saturated heterocycles. The number of carbonyl (C=O) groups excluding carboxylic acids is 1. The summed E-state index contributed by atoms with van der Waals surface area (Å²) in [6, 6.07) is 23.3. The number of hydrogen-bond acceptors (Lipinski definition) is 4. The minimum Gasteiger partial charge on any atom is -0.379 e. The zero-order valence-electron chi connectivity index (χ0n) is 18.9. The van der Waals surface area contributed by atoms with Crippen LogP contribution < -0.4 is 5.32 Å². The summed E-state index contributed by atoms with van der Waals surface area (Å²) in [5, 5.41) is 12.0. The Bertz CT molecular complexity index is 1400. The third-order valence-electron chi connectivity index (χ3n) is 7.75. The SMILES string of the molecule is O=C1Nc2ccccc2[C@]12CC2c1ccc2c(-c3ccc(CN4CCOCC4)cc3)n[nH]c2c1. The number of hydrogen-bond donors (Lipinski definition) is 2. The number of rotatable bonds is 4. The zero-order valence-corrected chi connectivity index (χ0v) is 18.9. The molecule has 2 aliphatic heterocycles. The molecule has 3 aliphatic rings. The van der Waals surface area contributed by atoms with Crippen LogP contribution in [0.25, 0.3) is 22.2 Å². The highest BCUT2D eigenvalue weighted by Crippen LogP contribution is 2.65. The third kappa shape index (κ3) is 3.02. The largest absolute Gasteiger partial charge is 0.379 e. The average molecular weight is 451 g/mol.